The average Bonchev–Trinajstić information content (AvgIpc) is 3.24. The minimum Gasteiger partial charge on any atom is -0.496 e. The van der Waals surface area contributed by atoms with E-state index in [4.69, 9.17) is 17.0 Å². The highest BCUT2D eigenvalue weighted by atomic mass is 32.2. The maximum absolute atomic E-state index is 13.0. The molecule has 35 heavy (non-hydrogen) atoms. The number of rotatable bonds is 7. The summed E-state index contributed by atoms with van der Waals surface area (Å²) < 4.78 is 8.91. The average molecular weight is 509 g/mol. The van der Waals surface area contributed by atoms with Crippen molar-refractivity contribution >= 4 is 51.9 Å². The number of aromatic nitrogens is 2. The lowest BCUT2D eigenvalue weighted by Gasteiger charge is -2.14. The second-order valence-electron chi connectivity index (χ2n) is 7.81. The Bertz CT molecular complexity index is 1390. The Morgan fingerprint density at radius 2 is 1.80 bits per heavy atom. The number of carbonyl (C=O) groups is 2. The third kappa shape index (κ3) is 4.94. The summed E-state index contributed by atoms with van der Waals surface area (Å²) in [5, 5.41) is 2.72. The minimum atomic E-state index is -0.376. The number of nitrogens with one attached hydrogen (secondary N) is 1. The number of benzene rings is 2. The van der Waals surface area contributed by atoms with Crippen molar-refractivity contribution in [1.82, 2.24) is 14.3 Å². The topological polar surface area (TPSA) is 85.6 Å². The third-order valence-electron chi connectivity index (χ3n) is 5.68. The molecule has 0 spiro atoms. The summed E-state index contributed by atoms with van der Waals surface area (Å²) in [4.78, 5) is 40.5. The van der Waals surface area contributed by atoms with Crippen LogP contribution in [0.3, 0.4) is 0 Å². The van der Waals surface area contributed by atoms with Crippen LogP contribution in [0.15, 0.2) is 64.3 Å². The van der Waals surface area contributed by atoms with E-state index in [1.807, 2.05) is 54.6 Å². The molecule has 0 aliphatic carbocycles. The summed E-state index contributed by atoms with van der Waals surface area (Å²) >= 11 is 6.56. The largest absolute Gasteiger partial charge is 0.496 e. The van der Waals surface area contributed by atoms with Gasteiger partial charge in [-0.2, -0.15) is 0 Å². The van der Waals surface area contributed by atoms with Crippen LogP contribution in [0, 0.1) is 6.92 Å². The van der Waals surface area contributed by atoms with Crippen molar-refractivity contribution in [2.24, 2.45) is 7.05 Å². The highest BCUT2D eigenvalue weighted by Gasteiger charge is 2.32. The fourth-order valence-electron chi connectivity index (χ4n) is 3.75. The Morgan fingerprint density at radius 3 is 2.51 bits per heavy atom. The quantitative estimate of drug-likeness (QED) is 0.387. The van der Waals surface area contributed by atoms with Crippen molar-refractivity contribution in [3.05, 3.63) is 81.1 Å². The predicted molar refractivity (Wildman–Crippen MR) is 142 cm³/mol. The second kappa shape index (κ2) is 10.3. The molecule has 0 radical (unpaired) electrons. The first-order chi connectivity index (χ1) is 16.8. The summed E-state index contributed by atoms with van der Waals surface area (Å²) in [7, 11) is 3.33. The summed E-state index contributed by atoms with van der Waals surface area (Å²) in [5.74, 6) is 0.0105. The van der Waals surface area contributed by atoms with Crippen LogP contribution in [0.25, 0.3) is 11.8 Å². The van der Waals surface area contributed by atoms with Crippen molar-refractivity contribution in [3.8, 4) is 11.4 Å². The molecule has 2 heterocycles. The van der Waals surface area contributed by atoms with E-state index in [0.717, 1.165) is 5.56 Å². The molecule has 0 atom stereocenters. The molecular weight excluding hydrogens is 484 g/mol. The number of anilines is 1. The summed E-state index contributed by atoms with van der Waals surface area (Å²) in [5.41, 5.74) is 1.97. The Hall–Kier alpha value is -3.63. The van der Waals surface area contributed by atoms with Gasteiger partial charge in [-0.3, -0.25) is 24.0 Å². The van der Waals surface area contributed by atoms with Gasteiger partial charge < -0.3 is 10.1 Å². The van der Waals surface area contributed by atoms with Gasteiger partial charge in [-0.05, 0) is 31.2 Å². The van der Waals surface area contributed by atoms with Crippen molar-refractivity contribution in [2.45, 2.75) is 13.3 Å². The van der Waals surface area contributed by atoms with E-state index >= 15 is 0 Å². The van der Waals surface area contributed by atoms with Crippen molar-refractivity contribution < 1.29 is 14.3 Å². The third-order valence-corrected chi connectivity index (χ3v) is 7.06. The van der Waals surface area contributed by atoms with Crippen molar-refractivity contribution in [2.75, 3.05) is 19.0 Å². The Labute approximate surface area is 212 Å². The second-order valence-corrected chi connectivity index (χ2v) is 9.49. The van der Waals surface area contributed by atoms with Crippen LogP contribution in [0.5, 0.6) is 5.75 Å². The number of ether oxygens (including phenoxy) is 1. The van der Waals surface area contributed by atoms with Crippen LogP contribution in [0.4, 0.5) is 5.69 Å². The van der Waals surface area contributed by atoms with E-state index in [1.54, 1.807) is 31.8 Å². The van der Waals surface area contributed by atoms with E-state index < -0.39 is 0 Å². The van der Waals surface area contributed by atoms with Crippen LogP contribution < -0.4 is 15.6 Å². The molecule has 3 aromatic rings. The predicted octanol–water partition coefficient (Wildman–Crippen LogP) is 3.72. The molecule has 0 saturated carbocycles. The summed E-state index contributed by atoms with van der Waals surface area (Å²) in [6, 6.07) is 16.6. The van der Waals surface area contributed by atoms with E-state index in [-0.39, 0.29) is 36.0 Å². The number of thiocarbonyl (C=S) groups is 1. The molecule has 2 amide bonds. The Morgan fingerprint density at radius 1 is 1.11 bits per heavy atom. The van der Waals surface area contributed by atoms with Gasteiger partial charge in [0.15, 0.2) is 0 Å². The van der Waals surface area contributed by atoms with Gasteiger partial charge in [-0.1, -0.05) is 60.4 Å². The number of para-hydroxylation sites is 2. The monoisotopic (exact) mass is 508 g/mol. The van der Waals surface area contributed by atoms with E-state index in [0.29, 0.717) is 26.4 Å². The number of amides is 2. The fraction of sp³-hybridized carbons (Fsp3) is 0.200. The lowest BCUT2D eigenvalue weighted by Crippen LogP contribution is -2.32. The Kier molecular flexibility index (Phi) is 7.23. The van der Waals surface area contributed by atoms with Gasteiger partial charge in [0.2, 0.25) is 5.91 Å². The van der Waals surface area contributed by atoms with Gasteiger partial charge in [-0.15, -0.1) is 0 Å². The number of hydrogen-bond donors (Lipinski definition) is 1. The molecule has 10 heteroatoms. The highest BCUT2D eigenvalue weighted by Crippen LogP contribution is 2.34. The van der Waals surface area contributed by atoms with Crippen LogP contribution in [0.2, 0.25) is 0 Å². The maximum atomic E-state index is 13.0. The zero-order valence-electron chi connectivity index (χ0n) is 19.5. The van der Waals surface area contributed by atoms with Gasteiger partial charge in [0, 0.05) is 25.6 Å². The normalized spacial score (nSPS) is 14.6. The SMILES string of the molecule is COc1ccccc1C=C1SC(=S)N(CCC(=O)Nc2c(C)n(C)n(-c3ccccc3)c2=O)C1=O. The number of carbonyl (C=O) groups excluding carboxylic acids is 2. The molecule has 2 aromatic carbocycles. The Balaban J connectivity index is 1.45. The van der Waals surface area contributed by atoms with Crippen LogP contribution in [0.1, 0.15) is 17.7 Å². The van der Waals surface area contributed by atoms with E-state index in [9.17, 15) is 14.4 Å². The highest BCUT2D eigenvalue weighted by molar-refractivity contribution is 8.26. The number of thioether (sulfide) groups is 1. The maximum Gasteiger partial charge on any atom is 0.295 e. The van der Waals surface area contributed by atoms with E-state index in [1.165, 1.54) is 21.3 Å². The number of hydrogen-bond acceptors (Lipinski definition) is 6. The van der Waals surface area contributed by atoms with Crippen LogP contribution in [-0.2, 0) is 16.6 Å². The smallest absolute Gasteiger partial charge is 0.295 e. The first kappa shape index (κ1) is 24.5. The van der Waals surface area contributed by atoms with Crippen LogP contribution >= 0.6 is 24.0 Å². The molecule has 1 aromatic heterocycles. The summed E-state index contributed by atoms with van der Waals surface area (Å²) in [6.45, 7) is 1.87. The molecule has 0 unspecified atom stereocenters. The number of methoxy groups -OCH3 is 1. The van der Waals surface area contributed by atoms with Gasteiger partial charge in [-0.25, -0.2) is 4.68 Å². The molecule has 180 valence electrons. The lowest BCUT2D eigenvalue weighted by molar-refractivity contribution is -0.122. The number of nitrogens with zero attached hydrogens (tertiary/aromatic N) is 3. The molecule has 1 fully saturated rings. The van der Waals surface area contributed by atoms with Crippen molar-refractivity contribution in [1.29, 1.82) is 0 Å². The van der Waals surface area contributed by atoms with Gasteiger partial charge >= 0.3 is 0 Å². The zero-order valence-corrected chi connectivity index (χ0v) is 21.1. The standard InChI is InChI=1S/C25H24N4O4S2/c1-16-22(24(32)29(27(16)2)18-10-5-4-6-11-18)26-21(30)13-14-28-23(31)20(35-25(28)34)15-17-9-7-8-12-19(17)33-3/h4-12,15H,13-14H2,1-3H3,(H,26,30). The molecular formula is C25H24N4O4S2. The zero-order chi connectivity index (χ0) is 25.1. The first-order valence-corrected chi connectivity index (χ1v) is 12.1. The molecule has 1 saturated heterocycles. The summed E-state index contributed by atoms with van der Waals surface area (Å²) in [6.07, 6.45) is 1.73. The molecule has 1 aliphatic rings. The minimum absolute atomic E-state index is 0.00646. The van der Waals surface area contributed by atoms with Crippen LogP contribution in [-0.4, -0.2) is 44.1 Å². The van der Waals surface area contributed by atoms with Crippen molar-refractivity contribution in [3.63, 3.8) is 0 Å². The molecule has 1 aliphatic heterocycles. The molecule has 1 N–H and O–H groups in total. The fourth-order valence-corrected chi connectivity index (χ4v) is 5.05. The van der Waals surface area contributed by atoms with Gasteiger partial charge in [0.25, 0.3) is 11.5 Å². The molecule has 8 nitrogen and oxygen atoms in total. The molecule has 4 rings (SSSR count). The van der Waals surface area contributed by atoms with Gasteiger partial charge in [0.1, 0.15) is 15.8 Å². The molecule has 0 bridgehead atoms. The lowest BCUT2D eigenvalue weighted by atomic mass is 10.2. The first-order valence-electron chi connectivity index (χ1n) is 10.8. The van der Waals surface area contributed by atoms with E-state index in [2.05, 4.69) is 5.32 Å². The van der Waals surface area contributed by atoms with Gasteiger partial charge in [0.05, 0.1) is 23.4 Å².